The smallest absolute Gasteiger partial charge is 0.127 e. The summed E-state index contributed by atoms with van der Waals surface area (Å²) in [5.41, 5.74) is 4.04. The molecule has 2 aromatic carbocycles. The van der Waals surface area contributed by atoms with Gasteiger partial charge in [-0.05, 0) is 69.0 Å². The van der Waals surface area contributed by atoms with Crippen molar-refractivity contribution in [3.05, 3.63) is 69.8 Å². The summed E-state index contributed by atoms with van der Waals surface area (Å²) in [7, 11) is 0. The molecule has 0 saturated heterocycles. The minimum absolute atomic E-state index is 0.260. The number of ether oxygens (including phenoxy) is 1. The average Bonchev–Trinajstić information content (AvgIpc) is 2.60. The van der Waals surface area contributed by atoms with Crippen LogP contribution in [0.5, 0.6) is 11.5 Å². The van der Waals surface area contributed by atoms with E-state index in [0.29, 0.717) is 17.6 Å². The van der Waals surface area contributed by atoms with Crippen LogP contribution in [0.4, 0.5) is 0 Å². The molecule has 3 heteroatoms. The highest BCUT2D eigenvalue weighted by Gasteiger charge is 2.46. The molecule has 0 fully saturated rings. The minimum Gasteiger partial charge on any atom is -0.508 e. The highest BCUT2D eigenvalue weighted by atomic mass is 35.5. The van der Waals surface area contributed by atoms with Crippen LogP contribution in [0.25, 0.3) is 0 Å². The Morgan fingerprint density at radius 2 is 1.79 bits per heavy atom. The molecule has 0 saturated carbocycles. The zero-order valence-electron chi connectivity index (χ0n) is 17.3. The summed E-state index contributed by atoms with van der Waals surface area (Å²) in [6.07, 6.45) is 4.31. The second-order valence-corrected chi connectivity index (χ2v) is 9.88. The van der Waals surface area contributed by atoms with Crippen molar-refractivity contribution in [1.82, 2.24) is 0 Å². The van der Waals surface area contributed by atoms with Crippen molar-refractivity contribution in [3.8, 4) is 11.5 Å². The molecule has 4 rings (SSSR count). The van der Waals surface area contributed by atoms with Gasteiger partial charge >= 0.3 is 0 Å². The summed E-state index contributed by atoms with van der Waals surface area (Å²) >= 11 is 6.07. The van der Waals surface area contributed by atoms with Crippen LogP contribution in [0.1, 0.15) is 70.1 Å². The Labute approximate surface area is 173 Å². The molecule has 0 unspecified atom stereocenters. The maximum atomic E-state index is 11.1. The molecule has 1 heterocycles. The average molecular weight is 397 g/mol. The van der Waals surface area contributed by atoms with Gasteiger partial charge in [-0.15, -0.1) is 0 Å². The molecule has 2 aromatic rings. The fourth-order valence-electron chi connectivity index (χ4n) is 4.96. The van der Waals surface area contributed by atoms with Gasteiger partial charge in [0.25, 0.3) is 0 Å². The molecular formula is C25H29ClO2. The zero-order valence-corrected chi connectivity index (χ0v) is 18.1. The van der Waals surface area contributed by atoms with E-state index in [1.165, 1.54) is 5.57 Å². The van der Waals surface area contributed by atoms with Crippen LogP contribution in [0, 0.1) is 5.92 Å². The number of hydrogen-bond acceptors (Lipinski definition) is 2. The SMILES string of the molecule is CC1=CC[C@@H]2[C@@H](C1)c1c(O)cc(C(C)(C)c3ccc(Cl)cc3)cc1OC2(C)C. The number of phenols is 1. The van der Waals surface area contributed by atoms with E-state index < -0.39 is 0 Å². The van der Waals surface area contributed by atoms with Crippen LogP contribution in [0.15, 0.2) is 48.0 Å². The van der Waals surface area contributed by atoms with Crippen molar-refractivity contribution in [3.63, 3.8) is 0 Å². The van der Waals surface area contributed by atoms with E-state index in [0.717, 1.165) is 40.3 Å². The molecule has 1 aliphatic carbocycles. The third kappa shape index (κ3) is 3.12. The Morgan fingerprint density at radius 1 is 1.11 bits per heavy atom. The van der Waals surface area contributed by atoms with Crippen molar-refractivity contribution in [1.29, 1.82) is 0 Å². The first kappa shape index (κ1) is 19.4. The van der Waals surface area contributed by atoms with Crippen molar-refractivity contribution in [2.45, 2.75) is 64.4 Å². The summed E-state index contributed by atoms with van der Waals surface area (Å²) < 4.78 is 6.49. The minimum atomic E-state index is -0.274. The Morgan fingerprint density at radius 3 is 2.46 bits per heavy atom. The van der Waals surface area contributed by atoms with Gasteiger partial charge in [0.1, 0.15) is 17.1 Å². The van der Waals surface area contributed by atoms with Crippen molar-refractivity contribution >= 4 is 11.6 Å². The highest BCUT2D eigenvalue weighted by Crippen LogP contribution is 2.55. The lowest BCUT2D eigenvalue weighted by Crippen LogP contribution is -2.45. The number of allylic oxidation sites excluding steroid dienone is 2. The molecule has 1 aliphatic heterocycles. The van der Waals surface area contributed by atoms with Gasteiger partial charge in [0.05, 0.1) is 0 Å². The van der Waals surface area contributed by atoms with Crippen LogP contribution in [0.2, 0.25) is 5.02 Å². The number of hydrogen-bond donors (Lipinski definition) is 1. The van der Waals surface area contributed by atoms with E-state index in [4.69, 9.17) is 16.3 Å². The third-order valence-electron chi connectivity index (χ3n) is 6.79. The number of benzene rings is 2. The third-order valence-corrected chi connectivity index (χ3v) is 7.04. The molecule has 1 N–H and O–H groups in total. The molecule has 0 spiro atoms. The summed E-state index contributed by atoms with van der Waals surface area (Å²) in [6.45, 7) is 10.9. The summed E-state index contributed by atoms with van der Waals surface area (Å²) in [5.74, 6) is 1.87. The predicted octanol–water partition coefficient (Wildman–Crippen LogP) is 6.98. The monoisotopic (exact) mass is 396 g/mol. The summed E-state index contributed by atoms with van der Waals surface area (Å²) in [5, 5.41) is 11.8. The Kier molecular flexibility index (Phi) is 4.54. The Bertz CT molecular complexity index is 938. The number of aromatic hydroxyl groups is 1. The molecular weight excluding hydrogens is 368 g/mol. The van der Waals surface area contributed by atoms with Gasteiger partial charge in [0.15, 0.2) is 0 Å². The molecule has 0 aromatic heterocycles. The van der Waals surface area contributed by atoms with E-state index in [-0.39, 0.29) is 11.0 Å². The molecule has 0 bridgehead atoms. The molecule has 0 amide bonds. The van der Waals surface area contributed by atoms with E-state index in [1.54, 1.807) is 0 Å². The highest BCUT2D eigenvalue weighted by molar-refractivity contribution is 6.30. The van der Waals surface area contributed by atoms with Crippen molar-refractivity contribution in [2.24, 2.45) is 5.92 Å². The standard InChI is InChI=1S/C25H29ClO2/c1-15-6-11-20-19(12-15)23-21(27)13-17(14-22(23)28-25(20,4)5)24(2,3)16-7-9-18(26)10-8-16/h6-10,13-14,19-20,27H,11-12H2,1-5H3/t19-,20-/m1/s1. The van der Waals surface area contributed by atoms with Gasteiger partial charge in [0, 0.05) is 27.8 Å². The number of fused-ring (bicyclic) bond motifs is 3. The molecule has 2 nitrogen and oxygen atoms in total. The van der Waals surface area contributed by atoms with Crippen molar-refractivity contribution in [2.75, 3.05) is 0 Å². The van der Waals surface area contributed by atoms with Gasteiger partial charge in [-0.3, -0.25) is 0 Å². The van der Waals surface area contributed by atoms with Crippen LogP contribution in [-0.4, -0.2) is 10.7 Å². The first-order valence-corrected chi connectivity index (χ1v) is 10.5. The molecule has 2 aliphatic rings. The second-order valence-electron chi connectivity index (χ2n) is 9.45. The van der Waals surface area contributed by atoms with Gasteiger partial charge in [-0.25, -0.2) is 0 Å². The summed E-state index contributed by atoms with van der Waals surface area (Å²) in [6, 6.07) is 12.0. The Hall–Kier alpha value is -1.93. The summed E-state index contributed by atoms with van der Waals surface area (Å²) in [4.78, 5) is 0. The van der Waals surface area contributed by atoms with Crippen LogP contribution in [0.3, 0.4) is 0 Å². The Balaban J connectivity index is 1.82. The molecule has 2 atom stereocenters. The number of halogens is 1. The number of phenolic OH excluding ortho intramolecular Hbond substituents is 1. The van der Waals surface area contributed by atoms with Crippen LogP contribution < -0.4 is 4.74 Å². The maximum absolute atomic E-state index is 11.1. The van der Waals surface area contributed by atoms with Crippen LogP contribution in [-0.2, 0) is 5.41 Å². The van der Waals surface area contributed by atoms with Gasteiger partial charge in [0.2, 0.25) is 0 Å². The van der Waals surface area contributed by atoms with E-state index in [9.17, 15) is 5.11 Å². The maximum Gasteiger partial charge on any atom is 0.127 e. The predicted molar refractivity (Wildman–Crippen MR) is 116 cm³/mol. The zero-order chi connectivity index (χ0) is 20.3. The van der Waals surface area contributed by atoms with Crippen molar-refractivity contribution < 1.29 is 9.84 Å². The van der Waals surface area contributed by atoms with E-state index >= 15 is 0 Å². The van der Waals surface area contributed by atoms with Gasteiger partial charge in [-0.2, -0.15) is 0 Å². The molecule has 0 radical (unpaired) electrons. The lowest BCUT2D eigenvalue weighted by molar-refractivity contribution is 0.00745. The lowest BCUT2D eigenvalue weighted by atomic mass is 9.66. The largest absolute Gasteiger partial charge is 0.508 e. The van der Waals surface area contributed by atoms with Gasteiger partial charge < -0.3 is 9.84 Å². The lowest BCUT2D eigenvalue weighted by Gasteiger charge is -2.47. The van der Waals surface area contributed by atoms with E-state index in [1.807, 2.05) is 18.2 Å². The topological polar surface area (TPSA) is 29.5 Å². The fraction of sp³-hybridized carbons (Fsp3) is 0.440. The van der Waals surface area contributed by atoms with Crippen LogP contribution >= 0.6 is 11.6 Å². The van der Waals surface area contributed by atoms with E-state index in [2.05, 4.69) is 58.9 Å². The fourth-order valence-corrected chi connectivity index (χ4v) is 5.08. The van der Waals surface area contributed by atoms with Gasteiger partial charge in [-0.1, -0.05) is 49.2 Å². The first-order valence-electron chi connectivity index (χ1n) is 10.1. The molecule has 28 heavy (non-hydrogen) atoms. The normalized spacial score (nSPS) is 23.3. The first-order chi connectivity index (χ1) is 13.1. The number of rotatable bonds is 2. The molecule has 148 valence electrons. The second kappa shape index (κ2) is 6.56. The quantitative estimate of drug-likeness (QED) is 0.554.